The highest BCUT2D eigenvalue weighted by Gasteiger charge is 2.25. The number of carbonyl (C=O) groups is 1. The lowest BCUT2D eigenvalue weighted by Crippen LogP contribution is -2.28. The lowest BCUT2D eigenvalue weighted by Gasteiger charge is -2.14. The number of carbonyl (C=O) groups excluding carboxylic acids is 1. The van der Waals surface area contributed by atoms with Crippen LogP contribution in [0.25, 0.3) is 5.76 Å². The second kappa shape index (κ2) is 7.51. The average Bonchev–Trinajstić information content (AvgIpc) is 2.55. The van der Waals surface area contributed by atoms with Crippen molar-refractivity contribution in [1.29, 1.82) is 5.26 Å². The SMILES string of the molecule is C#CCN(C)C(=O)/C(C#N)=C(\O)c1cc(OC)c(O)c([N+](=O)[O-])c1. The summed E-state index contributed by atoms with van der Waals surface area (Å²) < 4.78 is 4.79. The van der Waals surface area contributed by atoms with Gasteiger partial charge in [-0.25, -0.2) is 0 Å². The maximum absolute atomic E-state index is 12.1. The summed E-state index contributed by atoms with van der Waals surface area (Å²) >= 11 is 0. The molecular formula is C15H13N3O6. The van der Waals surface area contributed by atoms with Gasteiger partial charge in [-0.3, -0.25) is 14.9 Å². The number of nitriles is 1. The molecule has 0 aliphatic carbocycles. The predicted molar refractivity (Wildman–Crippen MR) is 82.9 cm³/mol. The van der Waals surface area contributed by atoms with Crippen molar-refractivity contribution < 1.29 is 24.7 Å². The fourth-order valence-electron chi connectivity index (χ4n) is 1.77. The summed E-state index contributed by atoms with van der Waals surface area (Å²) in [5.74, 6) is -0.493. The lowest BCUT2D eigenvalue weighted by atomic mass is 10.1. The number of aliphatic hydroxyl groups excluding tert-OH is 1. The number of phenolic OH excluding ortho intramolecular Hbond substituents is 1. The summed E-state index contributed by atoms with van der Waals surface area (Å²) in [6, 6.07) is 3.41. The number of nitro benzene ring substituents is 1. The highest BCUT2D eigenvalue weighted by atomic mass is 16.6. The monoisotopic (exact) mass is 331 g/mol. The Hall–Kier alpha value is -3.72. The summed E-state index contributed by atoms with van der Waals surface area (Å²) in [5.41, 5.74) is -1.65. The molecule has 9 heteroatoms. The highest BCUT2D eigenvalue weighted by molar-refractivity contribution is 6.03. The molecule has 1 rings (SSSR count). The van der Waals surface area contributed by atoms with Crippen molar-refractivity contribution >= 4 is 17.4 Å². The van der Waals surface area contributed by atoms with Gasteiger partial charge in [0.1, 0.15) is 11.8 Å². The minimum atomic E-state index is -0.896. The number of aromatic hydroxyl groups is 1. The van der Waals surface area contributed by atoms with E-state index in [9.17, 15) is 25.1 Å². The maximum atomic E-state index is 12.1. The molecule has 0 unspecified atom stereocenters. The number of nitrogens with zero attached hydrogens (tertiary/aromatic N) is 3. The first kappa shape index (κ1) is 18.3. The summed E-state index contributed by atoms with van der Waals surface area (Å²) in [6.07, 6.45) is 5.08. The van der Waals surface area contributed by atoms with Gasteiger partial charge in [-0.15, -0.1) is 6.42 Å². The Labute approximate surface area is 137 Å². The van der Waals surface area contributed by atoms with Gasteiger partial charge in [-0.2, -0.15) is 5.26 Å². The van der Waals surface area contributed by atoms with Gasteiger partial charge in [-0.1, -0.05) is 5.92 Å². The van der Waals surface area contributed by atoms with Crippen LogP contribution in [0.5, 0.6) is 11.5 Å². The molecular weight excluding hydrogens is 318 g/mol. The molecule has 0 saturated carbocycles. The number of likely N-dealkylation sites (N-methyl/N-ethyl adjacent to an activating group) is 1. The average molecular weight is 331 g/mol. The molecule has 124 valence electrons. The molecule has 0 heterocycles. The maximum Gasteiger partial charge on any atom is 0.315 e. The standard InChI is InChI=1S/C15H13N3O6/c1-4-5-17(2)15(21)10(8-16)13(19)9-6-11(18(22)23)14(20)12(7-9)24-3/h1,6-7,19-20H,5H2,2-3H3/b13-10-. The van der Waals surface area contributed by atoms with Crippen molar-refractivity contribution in [2.45, 2.75) is 0 Å². The van der Waals surface area contributed by atoms with E-state index in [1.54, 1.807) is 0 Å². The van der Waals surface area contributed by atoms with Crippen LogP contribution in [0.15, 0.2) is 17.7 Å². The molecule has 0 radical (unpaired) electrons. The molecule has 0 aromatic heterocycles. The molecule has 1 amide bonds. The summed E-state index contributed by atoms with van der Waals surface area (Å²) in [6.45, 7) is -0.101. The Bertz CT molecular complexity index is 801. The number of phenols is 1. The largest absolute Gasteiger partial charge is 0.506 e. The Morgan fingerprint density at radius 3 is 2.62 bits per heavy atom. The van der Waals surface area contributed by atoms with E-state index in [0.29, 0.717) is 0 Å². The van der Waals surface area contributed by atoms with Crippen molar-refractivity contribution in [3.63, 3.8) is 0 Å². The van der Waals surface area contributed by atoms with Crippen LogP contribution >= 0.6 is 0 Å². The van der Waals surface area contributed by atoms with E-state index >= 15 is 0 Å². The van der Waals surface area contributed by atoms with Crippen LogP contribution in [0.4, 0.5) is 5.69 Å². The topological polar surface area (TPSA) is 137 Å². The van der Waals surface area contributed by atoms with E-state index in [1.807, 2.05) is 0 Å². The molecule has 9 nitrogen and oxygen atoms in total. The number of benzene rings is 1. The summed E-state index contributed by atoms with van der Waals surface area (Å²) in [7, 11) is 2.48. The van der Waals surface area contributed by atoms with Crippen LogP contribution in [-0.2, 0) is 4.79 Å². The van der Waals surface area contributed by atoms with Crippen LogP contribution < -0.4 is 4.74 Å². The van der Waals surface area contributed by atoms with Gasteiger partial charge in [-0.05, 0) is 6.07 Å². The van der Waals surface area contributed by atoms with E-state index < -0.39 is 33.6 Å². The normalized spacial score (nSPS) is 10.8. The van der Waals surface area contributed by atoms with E-state index in [4.69, 9.17) is 16.4 Å². The number of nitro groups is 1. The Balaban J connectivity index is 3.55. The van der Waals surface area contributed by atoms with Crippen LogP contribution in [-0.4, -0.2) is 46.6 Å². The third kappa shape index (κ3) is 3.54. The van der Waals surface area contributed by atoms with E-state index in [1.165, 1.54) is 13.1 Å². The fourth-order valence-corrected chi connectivity index (χ4v) is 1.77. The Kier molecular flexibility index (Phi) is 5.74. The first-order valence-corrected chi connectivity index (χ1v) is 6.36. The first-order chi connectivity index (χ1) is 11.3. The number of hydrogen-bond donors (Lipinski definition) is 2. The minimum Gasteiger partial charge on any atom is -0.506 e. The number of hydrogen-bond acceptors (Lipinski definition) is 7. The zero-order chi connectivity index (χ0) is 18.4. The second-order valence-electron chi connectivity index (χ2n) is 4.50. The van der Waals surface area contributed by atoms with Crippen molar-refractivity contribution in [3.05, 3.63) is 33.4 Å². The van der Waals surface area contributed by atoms with Crippen molar-refractivity contribution in [3.8, 4) is 29.9 Å². The molecule has 0 spiro atoms. The third-order valence-corrected chi connectivity index (χ3v) is 2.98. The van der Waals surface area contributed by atoms with Crippen LogP contribution in [0.1, 0.15) is 5.56 Å². The van der Waals surface area contributed by atoms with Crippen molar-refractivity contribution in [2.75, 3.05) is 20.7 Å². The number of methoxy groups -OCH3 is 1. The van der Waals surface area contributed by atoms with E-state index in [-0.39, 0.29) is 17.9 Å². The molecule has 2 N–H and O–H groups in total. The predicted octanol–water partition coefficient (Wildman–Crippen LogP) is 1.19. The third-order valence-electron chi connectivity index (χ3n) is 2.98. The van der Waals surface area contributed by atoms with Crippen molar-refractivity contribution in [1.82, 2.24) is 4.90 Å². The Morgan fingerprint density at radius 1 is 1.54 bits per heavy atom. The summed E-state index contributed by atoms with van der Waals surface area (Å²) in [4.78, 5) is 23.2. The molecule has 0 aliphatic heterocycles. The zero-order valence-electron chi connectivity index (χ0n) is 12.8. The van der Waals surface area contributed by atoms with Crippen LogP contribution in [0.3, 0.4) is 0 Å². The molecule has 0 bridgehead atoms. The molecule has 1 aromatic rings. The number of amides is 1. The lowest BCUT2D eigenvalue weighted by molar-refractivity contribution is -0.386. The molecule has 0 aliphatic rings. The smallest absolute Gasteiger partial charge is 0.315 e. The zero-order valence-corrected chi connectivity index (χ0v) is 12.8. The van der Waals surface area contributed by atoms with Gasteiger partial charge in [0.25, 0.3) is 5.91 Å². The fraction of sp³-hybridized carbons (Fsp3) is 0.200. The molecule has 24 heavy (non-hydrogen) atoms. The number of terminal acetylenes is 1. The second-order valence-corrected chi connectivity index (χ2v) is 4.50. The highest BCUT2D eigenvalue weighted by Crippen LogP contribution is 2.38. The van der Waals surface area contributed by atoms with Gasteiger partial charge in [0.05, 0.1) is 18.6 Å². The molecule has 0 atom stereocenters. The van der Waals surface area contributed by atoms with Crippen molar-refractivity contribution in [2.24, 2.45) is 0 Å². The van der Waals surface area contributed by atoms with Crippen LogP contribution in [0, 0.1) is 33.8 Å². The number of aliphatic hydroxyl groups is 1. The molecule has 0 saturated heterocycles. The Morgan fingerprint density at radius 2 is 2.17 bits per heavy atom. The minimum absolute atomic E-state index is 0.101. The molecule has 0 fully saturated rings. The number of ether oxygens (including phenoxy) is 1. The van der Waals surface area contributed by atoms with Gasteiger partial charge in [0, 0.05) is 18.7 Å². The van der Waals surface area contributed by atoms with E-state index in [2.05, 4.69) is 5.92 Å². The van der Waals surface area contributed by atoms with Gasteiger partial charge >= 0.3 is 5.69 Å². The quantitative estimate of drug-likeness (QED) is 0.206. The molecule has 1 aromatic carbocycles. The van der Waals surface area contributed by atoms with Gasteiger partial charge in [0.2, 0.25) is 5.75 Å². The van der Waals surface area contributed by atoms with Gasteiger partial charge in [0.15, 0.2) is 11.3 Å². The van der Waals surface area contributed by atoms with Crippen LogP contribution in [0.2, 0.25) is 0 Å². The van der Waals surface area contributed by atoms with Gasteiger partial charge < -0.3 is 19.8 Å². The first-order valence-electron chi connectivity index (χ1n) is 6.36. The summed E-state index contributed by atoms with van der Waals surface area (Å²) in [5, 5.41) is 40.0. The van der Waals surface area contributed by atoms with E-state index in [0.717, 1.165) is 24.1 Å². The number of rotatable bonds is 5.